The maximum Gasteiger partial charge on any atom is 0.267 e. The van der Waals surface area contributed by atoms with Crippen molar-refractivity contribution in [1.29, 1.82) is 5.26 Å². The highest BCUT2D eigenvalue weighted by Crippen LogP contribution is 2.32. The van der Waals surface area contributed by atoms with Gasteiger partial charge in [0.1, 0.15) is 5.75 Å². The minimum absolute atomic E-state index is 0.0756. The summed E-state index contributed by atoms with van der Waals surface area (Å²) in [6.45, 7) is 1.13. The fourth-order valence-electron chi connectivity index (χ4n) is 1.16. The van der Waals surface area contributed by atoms with Crippen LogP contribution in [0.1, 0.15) is 34.8 Å². The number of aromatic hydroxyl groups is 1. The summed E-state index contributed by atoms with van der Waals surface area (Å²) in [5.74, 6) is -1.32. The van der Waals surface area contributed by atoms with E-state index in [1.165, 1.54) is 0 Å². The molecule has 0 radical (unpaired) electrons. The standard InChI is InChI=1S/C10H7F2NO2/c1-5(14)7-2-6(4-13)3-8(9(7)15)10(11)12/h2-3,10,15H,1H3. The van der Waals surface area contributed by atoms with Crippen LogP contribution in [-0.2, 0) is 0 Å². The van der Waals surface area contributed by atoms with Crippen LogP contribution in [0.2, 0.25) is 0 Å². The zero-order valence-electron chi connectivity index (χ0n) is 7.79. The van der Waals surface area contributed by atoms with Crippen LogP contribution in [0.4, 0.5) is 8.78 Å². The monoisotopic (exact) mass is 211 g/mol. The van der Waals surface area contributed by atoms with Gasteiger partial charge >= 0.3 is 0 Å². The lowest BCUT2D eigenvalue weighted by Gasteiger charge is -2.07. The summed E-state index contributed by atoms with van der Waals surface area (Å²) in [6.07, 6.45) is -2.92. The highest BCUT2D eigenvalue weighted by molar-refractivity contribution is 5.97. The number of hydrogen-bond acceptors (Lipinski definition) is 3. The molecule has 0 aliphatic heterocycles. The van der Waals surface area contributed by atoms with Crippen molar-refractivity contribution < 1.29 is 18.7 Å². The molecule has 0 aliphatic rings. The number of hydrogen-bond donors (Lipinski definition) is 1. The van der Waals surface area contributed by atoms with E-state index in [1.54, 1.807) is 6.07 Å². The summed E-state index contributed by atoms with van der Waals surface area (Å²) >= 11 is 0. The van der Waals surface area contributed by atoms with Gasteiger partial charge in [-0.15, -0.1) is 0 Å². The first kappa shape index (κ1) is 11.1. The summed E-state index contributed by atoms with van der Waals surface area (Å²) in [5, 5.41) is 17.9. The highest BCUT2D eigenvalue weighted by atomic mass is 19.3. The van der Waals surface area contributed by atoms with Crippen molar-refractivity contribution >= 4 is 5.78 Å². The molecule has 78 valence electrons. The van der Waals surface area contributed by atoms with E-state index in [0.717, 1.165) is 19.1 Å². The number of carbonyl (C=O) groups is 1. The van der Waals surface area contributed by atoms with Crippen LogP contribution in [-0.4, -0.2) is 10.9 Å². The van der Waals surface area contributed by atoms with Gasteiger partial charge in [-0.1, -0.05) is 0 Å². The van der Waals surface area contributed by atoms with Crippen molar-refractivity contribution in [3.8, 4) is 11.8 Å². The molecule has 0 fully saturated rings. The van der Waals surface area contributed by atoms with Gasteiger partial charge in [0.2, 0.25) is 0 Å². The number of nitrogens with zero attached hydrogens (tertiary/aromatic N) is 1. The lowest BCUT2D eigenvalue weighted by molar-refractivity contribution is 0.101. The minimum Gasteiger partial charge on any atom is -0.507 e. The molecule has 0 atom stereocenters. The Bertz CT molecular complexity index is 449. The van der Waals surface area contributed by atoms with Crippen LogP contribution in [0.15, 0.2) is 12.1 Å². The number of phenolic OH excluding ortho intramolecular Hbond substituents is 1. The predicted octanol–water partition coefficient (Wildman–Crippen LogP) is 2.40. The van der Waals surface area contributed by atoms with Crippen molar-refractivity contribution in [2.45, 2.75) is 13.3 Å². The third-order valence-corrected chi connectivity index (χ3v) is 1.88. The molecule has 0 heterocycles. The fourth-order valence-corrected chi connectivity index (χ4v) is 1.16. The average Bonchev–Trinajstić information content (AvgIpc) is 2.17. The van der Waals surface area contributed by atoms with Crippen molar-refractivity contribution in [3.05, 3.63) is 28.8 Å². The first-order chi connectivity index (χ1) is 6.97. The first-order valence-corrected chi connectivity index (χ1v) is 4.03. The molecule has 0 saturated carbocycles. The Morgan fingerprint density at radius 1 is 1.53 bits per heavy atom. The number of alkyl halides is 2. The Balaban J connectivity index is 3.49. The summed E-state index contributed by atoms with van der Waals surface area (Å²) in [5.41, 5.74) is -1.03. The summed E-state index contributed by atoms with van der Waals surface area (Å²) < 4.78 is 24.8. The molecule has 1 aromatic rings. The Hall–Kier alpha value is -1.96. The van der Waals surface area contributed by atoms with Crippen LogP contribution >= 0.6 is 0 Å². The largest absolute Gasteiger partial charge is 0.507 e. The van der Waals surface area contributed by atoms with Gasteiger partial charge in [-0.3, -0.25) is 4.79 Å². The molecule has 0 spiro atoms. The van der Waals surface area contributed by atoms with Crippen LogP contribution in [0.3, 0.4) is 0 Å². The van der Waals surface area contributed by atoms with E-state index in [0.29, 0.717) is 0 Å². The zero-order chi connectivity index (χ0) is 11.6. The van der Waals surface area contributed by atoms with Crippen LogP contribution in [0.25, 0.3) is 0 Å². The Labute approximate surface area is 84.6 Å². The molecular formula is C10H7F2NO2. The smallest absolute Gasteiger partial charge is 0.267 e. The van der Waals surface area contributed by atoms with Gasteiger partial charge in [0.05, 0.1) is 22.8 Å². The quantitative estimate of drug-likeness (QED) is 0.764. The molecule has 5 heteroatoms. The number of nitriles is 1. The molecule has 1 rings (SSSR count). The minimum atomic E-state index is -2.92. The van der Waals surface area contributed by atoms with E-state index >= 15 is 0 Å². The van der Waals surface area contributed by atoms with E-state index in [4.69, 9.17) is 5.26 Å². The van der Waals surface area contributed by atoms with Gasteiger partial charge < -0.3 is 5.11 Å². The summed E-state index contributed by atoms with van der Waals surface area (Å²) in [4.78, 5) is 11.0. The molecule has 0 amide bonds. The predicted molar refractivity (Wildman–Crippen MR) is 47.8 cm³/mol. The molecule has 0 aliphatic carbocycles. The number of Topliss-reactive ketones (excluding diaryl/α,β-unsaturated/α-hetero) is 1. The van der Waals surface area contributed by atoms with Crippen molar-refractivity contribution in [3.63, 3.8) is 0 Å². The zero-order valence-corrected chi connectivity index (χ0v) is 7.79. The number of rotatable bonds is 2. The second kappa shape index (κ2) is 4.05. The Morgan fingerprint density at radius 3 is 2.53 bits per heavy atom. The van der Waals surface area contributed by atoms with E-state index in [2.05, 4.69) is 0 Å². The van der Waals surface area contributed by atoms with Gasteiger partial charge in [0.25, 0.3) is 6.43 Å². The maximum absolute atomic E-state index is 12.4. The van der Waals surface area contributed by atoms with Crippen LogP contribution < -0.4 is 0 Å². The van der Waals surface area contributed by atoms with Gasteiger partial charge in [-0.25, -0.2) is 8.78 Å². The number of halogens is 2. The van der Waals surface area contributed by atoms with E-state index < -0.39 is 23.5 Å². The number of ketones is 1. The molecule has 0 unspecified atom stereocenters. The molecular weight excluding hydrogens is 204 g/mol. The number of carbonyl (C=O) groups excluding carboxylic acids is 1. The van der Waals surface area contributed by atoms with Crippen molar-refractivity contribution in [2.24, 2.45) is 0 Å². The SMILES string of the molecule is CC(=O)c1cc(C#N)cc(C(F)F)c1O. The molecule has 0 saturated heterocycles. The molecule has 1 aromatic carbocycles. The maximum atomic E-state index is 12.4. The molecule has 3 nitrogen and oxygen atoms in total. The molecule has 15 heavy (non-hydrogen) atoms. The Kier molecular flexibility index (Phi) is 3.00. The summed E-state index contributed by atoms with van der Waals surface area (Å²) in [6, 6.07) is 3.60. The van der Waals surface area contributed by atoms with Gasteiger partial charge in [-0.05, 0) is 19.1 Å². The highest BCUT2D eigenvalue weighted by Gasteiger charge is 2.19. The normalized spacial score (nSPS) is 10.1. The second-order valence-electron chi connectivity index (χ2n) is 2.93. The molecule has 0 aromatic heterocycles. The van der Waals surface area contributed by atoms with Gasteiger partial charge in [0, 0.05) is 0 Å². The van der Waals surface area contributed by atoms with Crippen molar-refractivity contribution in [1.82, 2.24) is 0 Å². The van der Waals surface area contributed by atoms with E-state index in [1.807, 2.05) is 0 Å². The van der Waals surface area contributed by atoms with Gasteiger partial charge in [-0.2, -0.15) is 5.26 Å². The van der Waals surface area contributed by atoms with Crippen molar-refractivity contribution in [2.75, 3.05) is 0 Å². The lowest BCUT2D eigenvalue weighted by atomic mass is 10.0. The van der Waals surface area contributed by atoms with E-state index in [9.17, 15) is 18.7 Å². The van der Waals surface area contributed by atoms with Crippen LogP contribution in [0.5, 0.6) is 5.75 Å². The first-order valence-electron chi connectivity index (χ1n) is 4.03. The fraction of sp³-hybridized carbons (Fsp3) is 0.200. The van der Waals surface area contributed by atoms with E-state index in [-0.39, 0.29) is 11.1 Å². The summed E-state index contributed by atoms with van der Waals surface area (Å²) in [7, 11) is 0. The van der Waals surface area contributed by atoms with Crippen LogP contribution in [0, 0.1) is 11.3 Å². The average molecular weight is 211 g/mol. The molecule has 1 N–H and O–H groups in total. The topological polar surface area (TPSA) is 61.1 Å². The third-order valence-electron chi connectivity index (χ3n) is 1.88. The third kappa shape index (κ3) is 2.10. The number of benzene rings is 1. The second-order valence-corrected chi connectivity index (χ2v) is 2.93. The Morgan fingerprint density at radius 2 is 2.13 bits per heavy atom. The van der Waals surface area contributed by atoms with Gasteiger partial charge in [0.15, 0.2) is 5.78 Å². The molecule has 0 bridgehead atoms. The lowest BCUT2D eigenvalue weighted by Crippen LogP contribution is -1.98. The number of phenols is 1.